The monoisotopic (exact) mass is 500 g/mol. The fraction of sp³-hybridized carbons (Fsp3) is 0.773. The number of nitrogens with zero attached hydrogens (tertiary/aromatic N) is 1. The van der Waals surface area contributed by atoms with Crippen LogP contribution in [0.4, 0.5) is 19.2 Å². The summed E-state index contributed by atoms with van der Waals surface area (Å²) in [5.74, 6) is -0.0811. The number of rotatable bonds is 3. The summed E-state index contributed by atoms with van der Waals surface area (Å²) in [6, 6.07) is -0.607. The summed E-state index contributed by atoms with van der Waals surface area (Å²) in [7, 11) is 0. The van der Waals surface area contributed by atoms with E-state index >= 15 is 0 Å². The molecule has 3 amide bonds. The number of amides is 3. The molecular weight excluding hydrogens is 464 g/mol. The normalized spacial score (nSPS) is 21.7. The van der Waals surface area contributed by atoms with Crippen molar-refractivity contribution >= 4 is 30.4 Å². The molecule has 198 valence electrons. The van der Waals surface area contributed by atoms with Crippen LogP contribution in [0.2, 0.25) is 0 Å². The molecule has 1 saturated heterocycles. The van der Waals surface area contributed by atoms with Gasteiger partial charge in [-0.25, -0.2) is 19.2 Å². The van der Waals surface area contributed by atoms with Gasteiger partial charge in [-0.3, -0.25) is 5.32 Å². The van der Waals surface area contributed by atoms with Crippen LogP contribution in [0.5, 0.6) is 0 Å². The van der Waals surface area contributed by atoms with Gasteiger partial charge in [0.25, 0.3) is 0 Å². The molecule has 13 heteroatoms. The number of alkyl carbamates (subject to hydrolysis) is 2. The lowest BCUT2D eigenvalue weighted by atomic mass is 9.93. The van der Waals surface area contributed by atoms with Gasteiger partial charge in [-0.05, 0) is 67.2 Å². The third-order valence-corrected chi connectivity index (χ3v) is 4.63. The summed E-state index contributed by atoms with van der Waals surface area (Å²) < 4.78 is 25.3. The number of ether oxygens (including phenoxy) is 5. The molecule has 0 radical (unpaired) electrons. The van der Waals surface area contributed by atoms with Crippen LogP contribution in [0, 0.1) is 0 Å². The minimum absolute atomic E-state index is 0.0228. The quantitative estimate of drug-likeness (QED) is 0.227. The first-order chi connectivity index (χ1) is 16.2. The Kier molecular flexibility index (Phi) is 9.55. The summed E-state index contributed by atoms with van der Waals surface area (Å²) >= 11 is 0. The van der Waals surface area contributed by atoms with Crippen LogP contribution in [0.1, 0.15) is 67.2 Å². The van der Waals surface area contributed by atoms with Crippen LogP contribution < -0.4 is 16.0 Å². The molecule has 1 aliphatic carbocycles. The molecule has 0 aromatic carbocycles. The van der Waals surface area contributed by atoms with Crippen molar-refractivity contribution in [3.05, 3.63) is 0 Å². The lowest BCUT2D eigenvalue weighted by molar-refractivity contribution is -0.00277. The predicted molar refractivity (Wildman–Crippen MR) is 123 cm³/mol. The molecule has 0 aromatic heterocycles. The highest BCUT2D eigenvalue weighted by atomic mass is 16.7. The molecule has 35 heavy (non-hydrogen) atoms. The third kappa shape index (κ3) is 11.6. The van der Waals surface area contributed by atoms with Gasteiger partial charge in [-0.15, -0.1) is 4.99 Å². The first kappa shape index (κ1) is 28.0. The smallest absolute Gasteiger partial charge is 0.446 e. The van der Waals surface area contributed by atoms with Crippen LogP contribution >= 0.6 is 0 Å². The number of hydrogen-bond acceptors (Lipinski definition) is 9. The van der Waals surface area contributed by atoms with Gasteiger partial charge in [0.15, 0.2) is 0 Å². The largest absolute Gasteiger partial charge is 0.508 e. The lowest BCUT2D eigenvalue weighted by Gasteiger charge is -2.30. The highest BCUT2D eigenvalue weighted by molar-refractivity contribution is 5.99. The van der Waals surface area contributed by atoms with Gasteiger partial charge in [0, 0.05) is 6.04 Å². The molecule has 13 nitrogen and oxygen atoms in total. The van der Waals surface area contributed by atoms with E-state index < -0.39 is 41.7 Å². The van der Waals surface area contributed by atoms with E-state index in [9.17, 15) is 19.2 Å². The molecule has 0 bridgehead atoms. The molecular formula is C22H36N4O9. The van der Waals surface area contributed by atoms with Crippen molar-refractivity contribution < 1.29 is 42.9 Å². The first-order valence-corrected chi connectivity index (χ1v) is 11.5. The Hall–Kier alpha value is -3.25. The average molecular weight is 501 g/mol. The third-order valence-electron chi connectivity index (χ3n) is 4.63. The summed E-state index contributed by atoms with van der Waals surface area (Å²) in [6.07, 6.45) is -1.05. The number of aliphatic imine (C=N–C) groups is 1. The summed E-state index contributed by atoms with van der Waals surface area (Å²) in [5, 5.41) is 8.11. The van der Waals surface area contributed by atoms with E-state index in [4.69, 9.17) is 23.7 Å². The van der Waals surface area contributed by atoms with E-state index in [0.717, 1.165) is 0 Å². The molecule has 3 N–H and O–H groups in total. The number of nitrogens with one attached hydrogen (secondary N) is 3. The Balaban J connectivity index is 1.87. The van der Waals surface area contributed by atoms with Crippen LogP contribution in [0.3, 0.4) is 0 Å². The number of carbonyl (C=O) groups excluding carboxylic acids is 4. The molecule has 1 heterocycles. The standard InChI is InChI=1S/C22H36N4O9/c1-21(2,3)34-18(28)25-16(26-19(29)35-22(4,5)6)23-13-7-9-15(10-8-13)33-17(27)24-14-11-31-20(30)32-12-14/h13-15H,7-12H2,1-6H3,(H,24,27)(H2,23,25,26,28,29). The Bertz CT molecular complexity index is 799. The number of hydrogen-bond donors (Lipinski definition) is 3. The van der Waals surface area contributed by atoms with Gasteiger partial charge in [0.05, 0.1) is 0 Å². The zero-order valence-electron chi connectivity index (χ0n) is 21.1. The van der Waals surface area contributed by atoms with E-state index in [1.807, 2.05) is 0 Å². The van der Waals surface area contributed by atoms with E-state index in [2.05, 4.69) is 20.9 Å². The SMILES string of the molecule is CC(C)(C)OC(=O)/N=C(/NC(=O)OC(C)(C)C)NC1CCC(OC(=O)NC2COC(=O)OC2)CC1. The van der Waals surface area contributed by atoms with Gasteiger partial charge in [0.1, 0.15) is 36.6 Å². The second kappa shape index (κ2) is 11.9. The second-order valence-electron chi connectivity index (χ2n) is 10.3. The van der Waals surface area contributed by atoms with Crippen molar-refractivity contribution in [2.24, 2.45) is 4.99 Å². The maximum Gasteiger partial charge on any atom is 0.508 e. The average Bonchev–Trinajstić information content (AvgIpc) is 2.68. The topological polar surface area (TPSA) is 163 Å². The van der Waals surface area contributed by atoms with Crippen LogP contribution in [0.15, 0.2) is 4.99 Å². The summed E-state index contributed by atoms with van der Waals surface area (Å²) in [5.41, 5.74) is -1.48. The fourth-order valence-electron chi connectivity index (χ4n) is 3.25. The molecule has 2 aliphatic rings. The van der Waals surface area contributed by atoms with Crippen LogP contribution in [-0.2, 0) is 23.7 Å². The van der Waals surface area contributed by atoms with Gasteiger partial charge < -0.3 is 34.3 Å². The van der Waals surface area contributed by atoms with Gasteiger partial charge >= 0.3 is 24.4 Å². The predicted octanol–water partition coefficient (Wildman–Crippen LogP) is 2.96. The first-order valence-electron chi connectivity index (χ1n) is 11.5. The number of guanidine groups is 1. The van der Waals surface area contributed by atoms with Crippen molar-refractivity contribution in [3.8, 4) is 0 Å². The summed E-state index contributed by atoms with van der Waals surface area (Å²) in [6.45, 7) is 10.3. The number of carbonyl (C=O) groups is 4. The molecule has 1 aliphatic heterocycles. The molecule has 0 atom stereocenters. The maximum absolute atomic E-state index is 12.2. The van der Waals surface area contributed by atoms with Crippen molar-refractivity contribution in [2.75, 3.05) is 13.2 Å². The Morgan fingerprint density at radius 1 is 0.829 bits per heavy atom. The Morgan fingerprint density at radius 2 is 1.40 bits per heavy atom. The fourth-order valence-corrected chi connectivity index (χ4v) is 3.25. The van der Waals surface area contributed by atoms with Crippen molar-refractivity contribution in [1.82, 2.24) is 16.0 Å². The van der Waals surface area contributed by atoms with Gasteiger partial charge in [0.2, 0.25) is 5.96 Å². The van der Waals surface area contributed by atoms with Crippen LogP contribution in [0.25, 0.3) is 0 Å². The zero-order valence-corrected chi connectivity index (χ0v) is 21.1. The van der Waals surface area contributed by atoms with Gasteiger partial charge in [-0.1, -0.05) is 0 Å². The molecule has 0 aromatic rings. The molecule has 0 unspecified atom stereocenters. The van der Waals surface area contributed by atoms with Crippen molar-refractivity contribution in [2.45, 2.75) is 96.6 Å². The van der Waals surface area contributed by atoms with E-state index in [-0.39, 0.29) is 31.3 Å². The lowest BCUT2D eigenvalue weighted by Crippen LogP contribution is -2.49. The van der Waals surface area contributed by atoms with E-state index in [1.165, 1.54) is 0 Å². The second-order valence-corrected chi connectivity index (χ2v) is 10.3. The highest BCUT2D eigenvalue weighted by Crippen LogP contribution is 2.21. The van der Waals surface area contributed by atoms with Crippen molar-refractivity contribution in [1.29, 1.82) is 0 Å². The van der Waals surface area contributed by atoms with E-state index in [0.29, 0.717) is 25.7 Å². The van der Waals surface area contributed by atoms with Crippen molar-refractivity contribution in [3.63, 3.8) is 0 Å². The minimum Gasteiger partial charge on any atom is -0.446 e. The highest BCUT2D eigenvalue weighted by Gasteiger charge is 2.28. The van der Waals surface area contributed by atoms with Gasteiger partial charge in [-0.2, -0.15) is 0 Å². The molecule has 1 saturated carbocycles. The number of cyclic esters (lactones) is 2. The minimum atomic E-state index is -0.859. The maximum atomic E-state index is 12.2. The zero-order chi connectivity index (χ0) is 26.2. The Labute approximate surface area is 204 Å². The molecule has 2 rings (SSSR count). The molecule has 2 fully saturated rings. The Morgan fingerprint density at radius 3 is 1.94 bits per heavy atom. The molecule has 0 spiro atoms. The van der Waals surface area contributed by atoms with E-state index in [1.54, 1.807) is 41.5 Å². The summed E-state index contributed by atoms with van der Waals surface area (Å²) in [4.78, 5) is 51.3. The van der Waals surface area contributed by atoms with Crippen LogP contribution in [-0.4, -0.2) is 73.0 Å².